The van der Waals surface area contributed by atoms with Crippen molar-refractivity contribution in [1.82, 2.24) is 0 Å². The molecule has 1 amide bonds. The number of fused-ring (bicyclic) bond motifs is 1. The minimum absolute atomic E-state index is 0.301. The number of halogens is 1. The van der Waals surface area contributed by atoms with Crippen molar-refractivity contribution >= 4 is 45.9 Å². The summed E-state index contributed by atoms with van der Waals surface area (Å²) in [5.41, 5.74) is 2.29. The maximum atomic E-state index is 12.5. The molecule has 3 rings (SSSR count). The highest BCUT2D eigenvalue weighted by atomic mass is 35.5. The van der Waals surface area contributed by atoms with E-state index in [1.54, 1.807) is 19.1 Å². The zero-order valence-corrected chi connectivity index (χ0v) is 17.6. The second kappa shape index (κ2) is 9.37. The number of esters is 1. The summed E-state index contributed by atoms with van der Waals surface area (Å²) in [5.74, 6) is -0.672. The summed E-state index contributed by atoms with van der Waals surface area (Å²) in [6.07, 6.45) is 3.91. The second-order valence-corrected chi connectivity index (χ2v) is 8.07. The molecular weight excluding hydrogens is 396 g/mol. The van der Waals surface area contributed by atoms with Gasteiger partial charge in [0.1, 0.15) is 11.5 Å². The van der Waals surface area contributed by atoms with Crippen LogP contribution in [0.2, 0.25) is 5.02 Å². The van der Waals surface area contributed by atoms with Crippen LogP contribution in [0.25, 0.3) is 6.08 Å². The molecule has 7 heteroatoms. The molecule has 0 fully saturated rings. The van der Waals surface area contributed by atoms with Crippen molar-refractivity contribution in [3.63, 3.8) is 0 Å². The van der Waals surface area contributed by atoms with E-state index in [-0.39, 0.29) is 11.9 Å². The van der Waals surface area contributed by atoms with Crippen LogP contribution in [0.3, 0.4) is 0 Å². The maximum absolute atomic E-state index is 12.5. The van der Waals surface area contributed by atoms with Gasteiger partial charge < -0.3 is 15.0 Å². The van der Waals surface area contributed by atoms with Crippen LogP contribution in [0.1, 0.15) is 40.2 Å². The van der Waals surface area contributed by atoms with Crippen molar-refractivity contribution in [2.45, 2.75) is 26.8 Å². The van der Waals surface area contributed by atoms with E-state index in [1.165, 1.54) is 22.3 Å². The number of carbonyl (C=O) groups excluding carboxylic acids is 2. The van der Waals surface area contributed by atoms with Crippen molar-refractivity contribution in [3.05, 3.63) is 56.9 Å². The fraction of sp³-hybridized carbons (Fsp3) is 0.333. The number of anilines is 1. The summed E-state index contributed by atoms with van der Waals surface area (Å²) in [7, 11) is 0. The highest BCUT2D eigenvalue weighted by Crippen LogP contribution is 2.35. The zero-order chi connectivity index (χ0) is 20.1. The molecule has 0 saturated carbocycles. The molecule has 2 heterocycles. The molecule has 1 aromatic heterocycles. The first kappa shape index (κ1) is 20.6. The Kier molecular flexibility index (Phi) is 6.88. The van der Waals surface area contributed by atoms with Crippen LogP contribution >= 0.6 is 22.9 Å². The van der Waals surface area contributed by atoms with Gasteiger partial charge >= 0.3 is 5.97 Å². The predicted octanol–water partition coefficient (Wildman–Crippen LogP) is 3.19. The molecule has 2 N–H and O–H groups in total. The van der Waals surface area contributed by atoms with Gasteiger partial charge in [0.05, 0.1) is 30.1 Å². The fourth-order valence-electron chi connectivity index (χ4n) is 3.27. The van der Waals surface area contributed by atoms with E-state index in [0.29, 0.717) is 22.2 Å². The lowest BCUT2D eigenvalue weighted by Crippen LogP contribution is -3.11. The standard InChI is InChI=1S/C21H23ClN2O3S/c1-3-24-12-11-15-17(13-24)28-20(19(15)21(26)27-4-2)23-18(25)10-9-14-7-5-6-8-16(14)22/h5-10H,3-4,11-13H2,1-2H3,(H,23,25)/p+1. The topological polar surface area (TPSA) is 59.8 Å². The lowest BCUT2D eigenvalue weighted by molar-refractivity contribution is -0.913. The van der Waals surface area contributed by atoms with E-state index in [0.717, 1.165) is 42.1 Å². The average molecular weight is 420 g/mol. The van der Waals surface area contributed by atoms with E-state index in [9.17, 15) is 9.59 Å². The normalized spacial score (nSPS) is 16.0. The van der Waals surface area contributed by atoms with Gasteiger partial charge in [-0.2, -0.15) is 0 Å². The Bertz CT molecular complexity index is 907. The van der Waals surface area contributed by atoms with Crippen LogP contribution in [0.4, 0.5) is 5.00 Å². The summed E-state index contributed by atoms with van der Waals surface area (Å²) >= 11 is 7.60. The van der Waals surface area contributed by atoms with Gasteiger partial charge in [-0.25, -0.2) is 4.79 Å². The highest BCUT2D eigenvalue weighted by Gasteiger charge is 2.30. The highest BCUT2D eigenvalue weighted by molar-refractivity contribution is 7.17. The van der Waals surface area contributed by atoms with Crippen LogP contribution in [0.5, 0.6) is 0 Å². The van der Waals surface area contributed by atoms with Gasteiger partial charge in [0, 0.05) is 17.5 Å². The molecule has 5 nitrogen and oxygen atoms in total. The minimum atomic E-state index is -0.370. The molecule has 1 aliphatic rings. The number of benzene rings is 1. The van der Waals surface area contributed by atoms with Gasteiger partial charge in [-0.15, -0.1) is 11.3 Å². The number of likely N-dealkylation sites (N-methyl/N-ethyl adjacent to an activating group) is 1. The lowest BCUT2D eigenvalue weighted by Gasteiger charge is -2.22. The number of nitrogens with one attached hydrogen (secondary N) is 2. The quantitative estimate of drug-likeness (QED) is 0.558. The molecule has 0 saturated heterocycles. The van der Waals surface area contributed by atoms with Gasteiger partial charge in [0.2, 0.25) is 5.91 Å². The van der Waals surface area contributed by atoms with Crippen molar-refractivity contribution in [2.75, 3.05) is 25.0 Å². The summed E-state index contributed by atoms with van der Waals surface area (Å²) in [6.45, 7) is 7.12. The van der Waals surface area contributed by atoms with Crippen molar-refractivity contribution in [1.29, 1.82) is 0 Å². The molecule has 1 aliphatic heterocycles. The second-order valence-electron chi connectivity index (χ2n) is 6.55. The first-order chi connectivity index (χ1) is 13.5. The van der Waals surface area contributed by atoms with E-state index >= 15 is 0 Å². The average Bonchev–Trinajstić information content (AvgIpc) is 3.04. The number of thiophene rings is 1. The van der Waals surface area contributed by atoms with Gasteiger partial charge in [0.25, 0.3) is 0 Å². The summed E-state index contributed by atoms with van der Waals surface area (Å²) in [6, 6.07) is 7.30. The SMILES string of the molecule is CCOC(=O)c1c(NC(=O)C=Cc2ccccc2Cl)sc2c1CC[NH+](CC)C2. The molecular formula is C21H24ClN2O3S+. The molecule has 1 aromatic carbocycles. The van der Waals surface area contributed by atoms with Crippen LogP contribution < -0.4 is 10.2 Å². The Labute approximate surface area is 173 Å². The fourth-order valence-corrected chi connectivity index (χ4v) is 4.78. The number of amides is 1. The van der Waals surface area contributed by atoms with Gasteiger partial charge in [-0.05, 0) is 37.1 Å². The van der Waals surface area contributed by atoms with Crippen molar-refractivity contribution in [2.24, 2.45) is 0 Å². The Balaban J connectivity index is 1.84. The number of hydrogen-bond acceptors (Lipinski definition) is 4. The minimum Gasteiger partial charge on any atom is -0.462 e. The summed E-state index contributed by atoms with van der Waals surface area (Å²) in [4.78, 5) is 27.6. The molecule has 0 radical (unpaired) electrons. The molecule has 1 atom stereocenters. The Morgan fingerprint density at radius 2 is 2.11 bits per heavy atom. The molecule has 0 aliphatic carbocycles. The third-order valence-electron chi connectivity index (χ3n) is 4.77. The Hall–Kier alpha value is -2.15. The van der Waals surface area contributed by atoms with Crippen molar-refractivity contribution < 1.29 is 19.2 Å². The van der Waals surface area contributed by atoms with E-state index in [1.807, 2.05) is 18.2 Å². The van der Waals surface area contributed by atoms with Gasteiger partial charge in [0.15, 0.2) is 0 Å². The summed E-state index contributed by atoms with van der Waals surface area (Å²) in [5, 5.41) is 4.01. The predicted molar refractivity (Wildman–Crippen MR) is 113 cm³/mol. The maximum Gasteiger partial charge on any atom is 0.341 e. The Morgan fingerprint density at radius 1 is 1.32 bits per heavy atom. The molecule has 0 spiro atoms. The number of carbonyl (C=O) groups is 2. The molecule has 148 valence electrons. The van der Waals surface area contributed by atoms with Crippen molar-refractivity contribution in [3.8, 4) is 0 Å². The molecule has 1 unspecified atom stereocenters. The van der Waals surface area contributed by atoms with Crippen LogP contribution in [-0.2, 0) is 22.5 Å². The lowest BCUT2D eigenvalue weighted by atomic mass is 10.0. The zero-order valence-electron chi connectivity index (χ0n) is 16.0. The van der Waals surface area contributed by atoms with E-state index < -0.39 is 0 Å². The third-order valence-corrected chi connectivity index (χ3v) is 6.26. The Morgan fingerprint density at radius 3 is 2.82 bits per heavy atom. The largest absolute Gasteiger partial charge is 0.462 e. The van der Waals surface area contributed by atoms with E-state index in [4.69, 9.17) is 16.3 Å². The smallest absolute Gasteiger partial charge is 0.341 e. The molecule has 2 aromatic rings. The van der Waals surface area contributed by atoms with E-state index in [2.05, 4.69) is 12.2 Å². The monoisotopic (exact) mass is 419 g/mol. The first-order valence-electron chi connectivity index (χ1n) is 9.42. The third kappa shape index (κ3) is 4.63. The van der Waals surface area contributed by atoms with Crippen LogP contribution in [0, 0.1) is 0 Å². The van der Waals surface area contributed by atoms with Crippen LogP contribution in [-0.4, -0.2) is 31.6 Å². The number of quaternary nitrogens is 1. The molecule has 0 bridgehead atoms. The van der Waals surface area contributed by atoms with Crippen LogP contribution in [0.15, 0.2) is 30.3 Å². The number of hydrogen-bond donors (Lipinski definition) is 2. The number of rotatable bonds is 6. The van der Waals surface area contributed by atoms with Gasteiger partial charge in [-0.3, -0.25) is 4.79 Å². The molecule has 28 heavy (non-hydrogen) atoms. The first-order valence-corrected chi connectivity index (χ1v) is 10.6. The summed E-state index contributed by atoms with van der Waals surface area (Å²) < 4.78 is 5.25. The van der Waals surface area contributed by atoms with Gasteiger partial charge in [-0.1, -0.05) is 29.8 Å². The number of ether oxygens (including phenoxy) is 1.